The summed E-state index contributed by atoms with van der Waals surface area (Å²) in [6.45, 7) is 0.573. The molecule has 0 N–H and O–H groups in total. The zero-order valence-electron chi connectivity index (χ0n) is 14.0. The SMILES string of the molecule is C(#CC([Se]c1ccccc1)C1CCCCC1)OCc1ccccc1. The van der Waals surface area contributed by atoms with Crippen molar-refractivity contribution in [3.63, 3.8) is 0 Å². The van der Waals surface area contributed by atoms with E-state index in [2.05, 4.69) is 54.5 Å². The molecule has 24 heavy (non-hydrogen) atoms. The van der Waals surface area contributed by atoms with Gasteiger partial charge in [0.25, 0.3) is 0 Å². The summed E-state index contributed by atoms with van der Waals surface area (Å²) in [5.74, 6) is 4.21. The van der Waals surface area contributed by atoms with E-state index in [0.29, 0.717) is 26.4 Å². The van der Waals surface area contributed by atoms with Crippen LogP contribution in [0, 0.1) is 17.9 Å². The van der Waals surface area contributed by atoms with Crippen LogP contribution in [0.2, 0.25) is 4.82 Å². The molecule has 0 aliphatic heterocycles. The van der Waals surface area contributed by atoms with Crippen molar-refractivity contribution in [2.75, 3.05) is 0 Å². The summed E-state index contributed by atoms with van der Waals surface area (Å²) in [4.78, 5) is 0.468. The predicted octanol–water partition coefficient (Wildman–Crippen LogP) is 4.56. The topological polar surface area (TPSA) is 9.23 Å². The first-order valence-electron chi connectivity index (χ1n) is 8.80. The molecule has 0 radical (unpaired) electrons. The van der Waals surface area contributed by atoms with Gasteiger partial charge in [0, 0.05) is 0 Å². The van der Waals surface area contributed by atoms with E-state index in [4.69, 9.17) is 4.74 Å². The molecule has 124 valence electrons. The van der Waals surface area contributed by atoms with Gasteiger partial charge < -0.3 is 0 Å². The number of rotatable bonds is 5. The first-order chi connectivity index (χ1) is 11.9. The average molecular weight is 383 g/mol. The Kier molecular flexibility index (Phi) is 6.84. The fraction of sp³-hybridized carbons (Fsp3) is 0.364. The molecule has 0 bridgehead atoms. The Morgan fingerprint density at radius 1 is 0.917 bits per heavy atom. The first-order valence-corrected chi connectivity index (χ1v) is 10.6. The Balaban J connectivity index is 1.62. The third-order valence-corrected chi connectivity index (χ3v) is 7.17. The van der Waals surface area contributed by atoms with Crippen LogP contribution in [0.25, 0.3) is 0 Å². The second kappa shape index (κ2) is 9.58. The van der Waals surface area contributed by atoms with Crippen molar-refractivity contribution in [3.8, 4) is 12.0 Å². The Labute approximate surface area is 152 Å². The van der Waals surface area contributed by atoms with Crippen molar-refractivity contribution < 1.29 is 4.74 Å². The van der Waals surface area contributed by atoms with Crippen molar-refractivity contribution in [1.82, 2.24) is 0 Å². The molecule has 1 nitrogen and oxygen atoms in total. The predicted molar refractivity (Wildman–Crippen MR) is 101 cm³/mol. The average Bonchev–Trinajstić information content (AvgIpc) is 2.66. The Bertz CT molecular complexity index is 651. The normalized spacial score (nSPS) is 16.0. The molecule has 0 heterocycles. The van der Waals surface area contributed by atoms with Crippen LogP contribution in [0.4, 0.5) is 0 Å². The van der Waals surface area contributed by atoms with Crippen molar-refractivity contribution in [2.24, 2.45) is 5.92 Å². The summed E-state index contributed by atoms with van der Waals surface area (Å²) < 4.78 is 7.07. The quantitative estimate of drug-likeness (QED) is 0.543. The molecule has 3 rings (SSSR count). The van der Waals surface area contributed by atoms with Crippen LogP contribution in [-0.2, 0) is 11.3 Å². The summed E-state index contributed by atoms with van der Waals surface area (Å²) in [7, 11) is 0. The molecule has 1 aliphatic carbocycles. The zero-order valence-corrected chi connectivity index (χ0v) is 15.7. The van der Waals surface area contributed by atoms with Crippen LogP contribution < -0.4 is 4.46 Å². The van der Waals surface area contributed by atoms with E-state index in [-0.39, 0.29) is 0 Å². The van der Waals surface area contributed by atoms with Gasteiger partial charge in [0.05, 0.1) is 0 Å². The van der Waals surface area contributed by atoms with E-state index < -0.39 is 0 Å². The zero-order chi connectivity index (χ0) is 16.5. The van der Waals surface area contributed by atoms with Crippen LogP contribution >= 0.6 is 0 Å². The third kappa shape index (κ3) is 5.45. The maximum absolute atomic E-state index is 5.63. The van der Waals surface area contributed by atoms with Gasteiger partial charge in [0.15, 0.2) is 0 Å². The van der Waals surface area contributed by atoms with E-state index >= 15 is 0 Å². The molecule has 0 saturated heterocycles. The number of hydrogen-bond donors (Lipinski definition) is 0. The Morgan fingerprint density at radius 2 is 1.58 bits per heavy atom. The molecular formula is C22H24OSe. The van der Waals surface area contributed by atoms with E-state index in [1.807, 2.05) is 18.2 Å². The van der Waals surface area contributed by atoms with Gasteiger partial charge in [-0.1, -0.05) is 0 Å². The molecule has 1 fully saturated rings. The van der Waals surface area contributed by atoms with Crippen LogP contribution in [0.15, 0.2) is 60.7 Å². The van der Waals surface area contributed by atoms with Gasteiger partial charge in [-0.3, -0.25) is 0 Å². The monoisotopic (exact) mass is 384 g/mol. The molecule has 1 aliphatic rings. The minimum absolute atomic E-state index is 0.395. The molecular weight excluding hydrogens is 359 g/mol. The van der Waals surface area contributed by atoms with Gasteiger partial charge in [-0.05, 0) is 0 Å². The van der Waals surface area contributed by atoms with Crippen molar-refractivity contribution in [3.05, 3.63) is 66.2 Å². The van der Waals surface area contributed by atoms with E-state index in [0.717, 1.165) is 5.92 Å². The number of hydrogen-bond acceptors (Lipinski definition) is 1. The van der Waals surface area contributed by atoms with Gasteiger partial charge in [-0.25, -0.2) is 0 Å². The van der Waals surface area contributed by atoms with E-state index in [1.165, 1.54) is 42.1 Å². The van der Waals surface area contributed by atoms with E-state index in [9.17, 15) is 0 Å². The second-order valence-electron chi connectivity index (χ2n) is 6.27. The summed E-state index contributed by atoms with van der Waals surface area (Å²) in [6.07, 6.45) is 9.78. The van der Waals surface area contributed by atoms with Gasteiger partial charge in [0.1, 0.15) is 0 Å². The molecule has 0 amide bonds. The molecule has 1 saturated carbocycles. The summed E-state index contributed by atoms with van der Waals surface area (Å²) in [6, 6.07) is 21.1. The summed E-state index contributed by atoms with van der Waals surface area (Å²) >= 11 is 0.395. The van der Waals surface area contributed by atoms with Gasteiger partial charge >= 0.3 is 152 Å². The Hall–Kier alpha value is -1.68. The van der Waals surface area contributed by atoms with Crippen molar-refractivity contribution in [1.29, 1.82) is 0 Å². The van der Waals surface area contributed by atoms with Crippen LogP contribution in [0.3, 0.4) is 0 Å². The molecule has 2 aromatic carbocycles. The molecule has 2 heteroatoms. The first kappa shape index (κ1) is 17.2. The van der Waals surface area contributed by atoms with Crippen LogP contribution in [0.5, 0.6) is 0 Å². The third-order valence-electron chi connectivity index (χ3n) is 4.44. The summed E-state index contributed by atoms with van der Waals surface area (Å²) in [5, 5.41) is 0. The maximum atomic E-state index is 5.63. The van der Waals surface area contributed by atoms with Crippen molar-refractivity contribution >= 4 is 19.4 Å². The van der Waals surface area contributed by atoms with Gasteiger partial charge in [0.2, 0.25) is 0 Å². The summed E-state index contributed by atoms with van der Waals surface area (Å²) in [5.41, 5.74) is 1.18. The standard InChI is InChI=1S/C22H24OSe/c1-4-10-19(11-5-1)18-23-17-16-22(20-12-6-2-7-13-20)24-21-14-8-3-9-15-21/h1,3-5,8-11,14-15,20,22H,2,6-7,12-13,18H2. The van der Waals surface area contributed by atoms with Crippen LogP contribution in [0.1, 0.15) is 37.7 Å². The fourth-order valence-electron chi connectivity index (χ4n) is 3.12. The second-order valence-corrected chi connectivity index (χ2v) is 8.82. The minimum atomic E-state index is 0.395. The van der Waals surface area contributed by atoms with Crippen molar-refractivity contribution in [2.45, 2.75) is 43.5 Å². The number of benzene rings is 2. The molecule has 0 aromatic heterocycles. The molecule has 1 atom stereocenters. The molecule has 1 unspecified atom stereocenters. The number of ether oxygens (including phenoxy) is 1. The van der Waals surface area contributed by atoms with Gasteiger partial charge in [-0.15, -0.1) is 0 Å². The van der Waals surface area contributed by atoms with Crippen LogP contribution in [-0.4, -0.2) is 15.0 Å². The molecule has 0 spiro atoms. The molecule has 2 aromatic rings. The Morgan fingerprint density at radius 3 is 2.29 bits per heavy atom. The van der Waals surface area contributed by atoms with E-state index in [1.54, 1.807) is 0 Å². The fourth-order valence-corrected chi connectivity index (χ4v) is 5.59. The van der Waals surface area contributed by atoms with Gasteiger partial charge in [-0.2, -0.15) is 0 Å².